The van der Waals surface area contributed by atoms with E-state index in [1.165, 1.54) is 16.7 Å². The van der Waals surface area contributed by atoms with Crippen LogP contribution in [0.25, 0.3) is 0 Å². The maximum Gasteiger partial charge on any atom is 0.314 e. The van der Waals surface area contributed by atoms with E-state index in [-0.39, 0.29) is 25.0 Å². The van der Waals surface area contributed by atoms with Gasteiger partial charge < -0.3 is 10.1 Å². The Hall–Kier alpha value is -1.93. The van der Waals surface area contributed by atoms with Crippen LogP contribution < -0.4 is 5.32 Å². The lowest BCUT2D eigenvalue weighted by molar-refractivity contribution is -0.151. The van der Waals surface area contributed by atoms with Gasteiger partial charge in [0.05, 0.1) is 11.7 Å². The van der Waals surface area contributed by atoms with Crippen LogP contribution in [0.5, 0.6) is 0 Å². The summed E-state index contributed by atoms with van der Waals surface area (Å²) in [5.74, 6) is -0.809. The molecule has 0 saturated carbocycles. The van der Waals surface area contributed by atoms with Crippen LogP contribution >= 0.6 is 24.0 Å². The van der Waals surface area contributed by atoms with Crippen LogP contribution in [-0.4, -0.2) is 52.5 Å². The highest BCUT2D eigenvalue weighted by Crippen LogP contribution is 2.28. The molecule has 27 heavy (non-hydrogen) atoms. The van der Waals surface area contributed by atoms with Gasteiger partial charge in [0.15, 0.2) is 6.61 Å². The summed E-state index contributed by atoms with van der Waals surface area (Å²) in [7, 11) is 0. The number of nitrogens with one attached hydrogen (secondary N) is 1. The third-order valence-electron chi connectivity index (χ3n) is 4.47. The first-order valence-corrected chi connectivity index (χ1v) is 10.3. The summed E-state index contributed by atoms with van der Waals surface area (Å²) in [5.41, 5.74) is 0.885. The molecule has 0 aromatic heterocycles. The molecule has 0 unspecified atom stereocenters. The average molecular weight is 409 g/mol. The van der Waals surface area contributed by atoms with Crippen LogP contribution in [0.3, 0.4) is 0 Å². The Bertz CT molecular complexity index is 680. The maximum atomic E-state index is 12.5. The molecule has 1 N–H and O–H groups in total. The second-order valence-corrected chi connectivity index (χ2v) is 7.94. The number of benzene rings is 1. The normalized spacial score (nSPS) is 16.1. The van der Waals surface area contributed by atoms with Crippen molar-refractivity contribution in [3.63, 3.8) is 0 Å². The molecular formula is C19H24N2O4S2. The Balaban J connectivity index is 1.81. The predicted molar refractivity (Wildman–Crippen MR) is 109 cm³/mol. The van der Waals surface area contributed by atoms with Gasteiger partial charge in [-0.2, -0.15) is 0 Å². The highest BCUT2D eigenvalue weighted by molar-refractivity contribution is 8.23. The van der Waals surface area contributed by atoms with Crippen molar-refractivity contribution in [2.75, 3.05) is 25.4 Å². The molecule has 6 nitrogen and oxygen atoms in total. The fourth-order valence-corrected chi connectivity index (χ4v) is 3.90. The van der Waals surface area contributed by atoms with Gasteiger partial charge in [-0.1, -0.05) is 74.6 Å². The van der Waals surface area contributed by atoms with Crippen molar-refractivity contribution in [2.24, 2.45) is 5.92 Å². The molecule has 1 heterocycles. The van der Waals surface area contributed by atoms with E-state index in [4.69, 9.17) is 17.0 Å². The van der Waals surface area contributed by atoms with Gasteiger partial charge in [0.1, 0.15) is 4.32 Å². The fourth-order valence-electron chi connectivity index (χ4n) is 2.77. The fraction of sp³-hybridized carbons (Fsp3) is 0.474. The van der Waals surface area contributed by atoms with Crippen LogP contribution in [0.2, 0.25) is 0 Å². The molecule has 2 amide bonds. The molecule has 0 aliphatic carbocycles. The van der Waals surface area contributed by atoms with Crippen molar-refractivity contribution in [3.05, 3.63) is 35.9 Å². The molecule has 146 valence electrons. The second kappa shape index (κ2) is 10.4. The molecule has 2 rings (SSSR count). The van der Waals surface area contributed by atoms with Crippen LogP contribution in [0.4, 0.5) is 0 Å². The lowest BCUT2D eigenvalue weighted by Crippen LogP contribution is -2.39. The number of amides is 2. The van der Waals surface area contributed by atoms with Crippen molar-refractivity contribution in [2.45, 2.75) is 26.2 Å². The van der Waals surface area contributed by atoms with Gasteiger partial charge in [0.2, 0.25) is 5.91 Å². The van der Waals surface area contributed by atoms with Gasteiger partial charge in [-0.25, -0.2) is 0 Å². The number of thiocarbonyl (C=S) groups is 1. The van der Waals surface area contributed by atoms with E-state index in [1.54, 1.807) is 0 Å². The van der Waals surface area contributed by atoms with E-state index in [2.05, 4.69) is 5.32 Å². The lowest BCUT2D eigenvalue weighted by atomic mass is 9.86. The average Bonchev–Trinajstić information content (AvgIpc) is 2.99. The Labute approximate surface area is 169 Å². The summed E-state index contributed by atoms with van der Waals surface area (Å²) in [5, 5.41) is 2.65. The molecule has 0 radical (unpaired) electrons. The van der Waals surface area contributed by atoms with E-state index >= 15 is 0 Å². The van der Waals surface area contributed by atoms with Gasteiger partial charge in [-0.3, -0.25) is 19.3 Å². The smallest absolute Gasteiger partial charge is 0.314 e. The van der Waals surface area contributed by atoms with Crippen molar-refractivity contribution in [1.29, 1.82) is 0 Å². The van der Waals surface area contributed by atoms with Crippen LogP contribution in [-0.2, 0) is 19.1 Å². The summed E-state index contributed by atoms with van der Waals surface area (Å²) in [4.78, 5) is 37.6. The van der Waals surface area contributed by atoms with E-state index in [0.29, 0.717) is 16.6 Å². The number of nitrogens with zero attached hydrogens (tertiary/aromatic N) is 1. The Morgan fingerprint density at radius 3 is 2.63 bits per heavy atom. The van der Waals surface area contributed by atoms with Gasteiger partial charge in [0.25, 0.3) is 5.91 Å². The van der Waals surface area contributed by atoms with E-state index in [1.807, 2.05) is 44.2 Å². The predicted octanol–water partition coefficient (Wildman–Crippen LogP) is 2.34. The standard InChI is InChI=1S/C19H24N2O4S2/c1-3-13(2)17(14-7-5-4-6-8-14)18(24)25-11-15(22)20-9-10-21-16(23)12-27-19(21)26/h4-8,13,17H,3,9-12H2,1-2H3,(H,20,22)/t13-,17-/m1/s1. The summed E-state index contributed by atoms with van der Waals surface area (Å²) in [6, 6.07) is 9.45. The van der Waals surface area contributed by atoms with Crippen molar-refractivity contribution >= 4 is 46.1 Å². The zero-order valence-corrected chi connectivity index (χ0v) is 17.1. The number of carbonyl (C=O) groups is 3. The number of ether oxygens (including phenoxy) is 1. The first-order chi connectivity index (χ1) is 12.9. The van der Waals surface area contributed by atoms with Crippen LogP contribution in [0.1, 0.15) is 31.7 Å². The Morgan fingerprint density at radius 2 is 2.04 bits per heavy atom. The minimum absolute atomic E-state index is 0.0510. The number of hydrogen-bond donors (Lipinski definition) is 1. The number of hydrogen-bond acceptors (Lipinski definition) is 6. The van der Waals surface area contributed by atoms with E-state index in [9.17, 15) is 14.4 Å². The molecule has 1 aliphatic rings. The van der Waals surface area contributed by atoms with Crippen molar-refractivity contribution < 1.29 is 19.1 Å². The number of thioether (sulfide) groups is 1. The minimum Gasteiger partial charge on any atom is -0.455 e. The first-order valence-electron chi connectivity index (χ1n) is 8.89. The molecule has 1 aromatic rings. The molecule has 0 spiro atoms. The quantitative estimate of drug-likeness (QED) is 0.499. The molecule has 1 aliphatic heterocycles. The van der Waals surface area contributed by atoms with E-state index in [0.717, 1.165) is 12.0 Å². The van der Waals surface area contributed by atoms with Gasteiger partial charge in [-0.05, 0) is 11.5 Å². The van der Waals surface area contributed by atoms with Crippen LogP contribution in [0, 0.1) is 5.92 Å². The largest absolute Gasteiger partial charge is 0.455 e. The van der Waals surface area contributed by atoms with Gasteiger partial charge in [-0.15, -0.1) is 0 Å². The van der Waals surface area contributed by atoms with Crippen molar-refractivity contribution in [1.82, 2.24) is 10.2 Å². The third kappa shape index (κ3) is 6.04. The topological polar surface area (TPSA) is 75.7 Å². The molecule has 1 fully saturated rings. The molecule has 1 aromatic carbocycles. The molecular weight excluding hydrogens is 384 g/mol. The monoisotopic (exact) mass is 408 g/mol. The minimum atomic E-state index is -0.405. The highest BCUT2D eigenvalue weighted by Gasteiger charge is 2.28. The summed E-state index contributed by atoms with van der Waals surface area (Å²) in [6.07, 6.45) is 0.822. The number of carbonyl (C=O) groups excluding carboxylic acids is 3. The summed E-state index contributed by atoms with van der Waals surface area (Å²) in [6.45, 7) is 4.25. The van der Waals surface area contributed by atoms with Crippen molar-refractivity contribution in [3.8, 4) is 0 Å². The first kappa shape index (κ1) is 21.4. The number of rotatable bonds is 9. The maximum absolute atomic E-state index is 12.5. The van der Waals surface area contributed by atoms with E-state index < -0.39 is 17.8 Å². The zero-order valence-electron chi connectivity index (χ0n) is 15.5. The SMILES string of the molecule is CC[C@@H](C)[C@@H](C(=O)OCC(=O)NCCN1C(=O)CSC1=S)c1ccccc1. The molecule has 2 atom stereocenters. The highest BCUT2D eigenvalue weighted by atomic mass is 32.2. The molecule has 8 heteroatoms. The Kier molecular flexibility index (Phi) is 8.24. The second-order valence-electron chi connectivity index (χ2n) is 6.33. The summed E-state index contributed by atoms with van der Waals surface area (Å²) < 4.78 is 5.77. The van der Waals surface area contributed by atoms with Gasteiger partial charge in [0, 0.05) is 13.1 Å². The third-order valence-corrected chi connectivity index (χ3v) is 5.90. The molecule has 0 bridgehead atoms. The summed E-state index contributed by atoms with van der Waals surface area (Å²) >= 11 is 6.40. The zero-order chi connectivity index (χ0) is 19.8. The van der Waals surface area contributed by atoms with Crippen LogP contribution in [0.15, 0.2) is 30.3 Å². The Morgan fingerprint density at radius 1 is 1.33 bits per heavy atom. The van der Waals surface area contributed by atoms with Gasteiger partial charge >= 0.3 is 5.97 Å². The number of esters is 1. The molecule has 1 saturated heterocycles. The lowest BCUT2D eigenvalue weighted by Gasteiger charge is -2.22.